The van der Waals surface area contributed by atoms with Crippen molar-refractivity contribution in [3.63, 3.8) is 0 Å². The van der Waals surface area contributed by atoms with Crippen LogP contribution < -0.4 is 10.1 Å². The van der Waals surface area contributed by atoms with Crippen LogP contribution in [0.2, 0.25) is 0 Å². The number of nitrogens with zero attached hydrogens (tertiary/aromatic N) is 2. The minimum Gasteiger partial charge on any atom is -0.475 e. The lowest BCUT2D eigenvalue weighted by molar-refractivity contribution is -0.386. The molecule has 1 amide bonds. The van der Waals surface area contributed by atoms with E-state index in [1.807, 2.05) is 19.1 Å². The van der Waals surface area contributed by atoms with Crippen molar-refractivity contribution in [3.05, 3.63) is 45.6 Å². The SMILES string of the molecule is CCc1ccc(NC(=O)c2[nH]nc(OC)c2[N+](=O)[O-])cc1. The van der Waals surface area contributed by atoms with Gasteiger partial charge in [0.25, 0.3) is 5.91 Å². The summed E-state index contributed by atoms with van der Waals surface area (Å²) in [5.41, 5.74) is 0.929. The molecule has 8 heteroatoms. The van der Waals surface area contributed by atoms with Crippen LogP contribution in [0.25, 0.3) is 0 Å². The van der Waals surface area contributed by atoms with Gasteiger partial charge in [0, 0.05) is 5.69 Å². The maximum absolute atomic E-state index is 12.1. The molecule has 1 aromatic heterocycles. The van der Waals surface area contributed by atoms with Crippen molar-refractivity contribution >= 4 is 17.3 Å². The standard InChI is InChI=1S/C13H14N4O4/c1-3-8-4-6-9(7-5-8)14-12(18)10-11(17(19)20)13(21-2)16-15-10/h4-7H,3H2,1-2H3,(H,14,18)(H,15,16). The number of carbonyl (C=O) groups excluding carboxylic acids is 1. The van der Waals surface area contributed by atoms with Crippen molar-refractivity contribution < 1.29 is 14.5 Å². The second-order valence-electron chi connectivity index (χ2n) is 4.22. The molecule has 0 aliphatic rings. The summed E-state index contributed by atoms with van der Waals surface area (Å²) in [6, 6.07) is 7.21. The van der Waals surface area contributed by atoms with Crippen LogP contribution >= 0.6 is 0 Å². The number of nitro groups is 1. The number of amides is 1. The smallest absolute Gasteiger partial charge is 0.362 e. The van der Waals surface area contributed by atoms with Gasteiger partial charge in [0.2, 0.25) is 5.69 Å². The van der Waals surface area contributed by atoms with Gasteiger partial charge in [-0.25, -0.2) is 0 Å². The highest BCUT2D eigenvalue weighted by Gasteiger charge is 2.30. The topological polar surface area (TPSA) is 110 Å². The number of aryl methyl sites for hydroxylation is 1. The number of aromatic nitrogens is 2. The maximum atomic E-state index is 12.1. The van der Waals surface area contributed by atoms with Crippen molar-refractivity contribution in [1.29, 1.82) is 0 Å². The molecule has 0 aliphatic carbocycles. The fourth-order valence-corrected chi connectivity index (χ4v) is 1.81. The van der Waals surface area contributed by atoms with Crippen LogP contribution in [0.3, 0.4) is 0 Å². The Hall–Kier alpha value is -2.90. The molecule has 0 fully saturated rings. The fraction of sp³-hybridized carbons (Fsp3) is 0.231. The zero-order valence-corrected chi connectivity index (χ0v) is 11.5. The van der Waals surface area contributed by atoms with Crippen LogP contribution in [0, 0.1) is 10.1 Å². The molecule has 2 aromatic rings. The molecule has 0 unspecified atom stereocenters. The second-order valence-corrected chi connectivity index (χ2v) is 4.22. The number of carbonyl (C=O) groups is 1. The number of rotatable bonds is 5. The Morgan fingerprint density at radius 2 is 2.10 bits per heavy atom. The first-order valence-corrected chi connectivity index (χ1v) is 6.23. The lowest BCUT2D eigenvalue weighted by Crippen LogP contribution is -2.14. The van der Waals surface area contributed by atoms with E-state index in [-0.39, 0.29) is 11.6 Å². The summed E-state index contributed by atoms with van der Waals surface area (Å²) in [5, 5.41) is 19.5. The van der Waals surface area contributed by atoms with Crippen LogP contribution in [-0.4, -0.2) is 28.1 Å². The van der Waals surface area contributed by atoms with E-state index in [9.17, 15) is 14.9 Å². The summed E-state index contributed by atoms with van der Waals surface area (Å²) in [7, 11) is 1.24. The summed E-state index contributed by atoms with van der Waals surface area (Å²) < 4.78 is 4.75. The molecule has 0 saturated carbocycles. The molecule has 2 N–H and O–H groups in total. The van der Waals surface area contributed by atoms with E-state index in [2.05, 4.69) is 15.5 Å². The van der Waals surface area contributed by atoms with E-state index >= 15 is 0 Å². The Bertz CT molecular complexity index is 663. The highest BCUT2D eigenvalue weighted by molar-refractivity contribution is 6.06. The van der Waals surface area contributed by atoms with Gasteiger partial charge >= 0.3 is 11.6 Å². The van der Waals surface area contributed by atoms with Gasteiger partial charge < -0.3 is 10.1 Å². The number of hydrogen-bond donors (Lipinski definition) is 2. The van der Waals surface area contributed by atoms with Crippen LogP contribution in [0.5, 0.6) is 5.88 Å². The summed E-state index contributed by atoms with van der Waals surface area (Å²) >= 11 is 0. The Labute approximate surface area is 120 Å². The summed E-state index contributed by atoms with van der Waals surface area (Å²) in [4.78, 5) is 22.4. The zero-order chi connectivity index (χ0) is 15.4. The molecule has 2 rings (SSSR count). The Morgan fingerprint density at radius 1 is 1.43 bits per heavy atom. The Kier molecular flexibility index (Phi) is 4.17. The number of methoxy groups -OCH3 is 1. The summed E-state index contributed by atoms with van der Waals surface area (Å²) in [5.74, 6) is -0.881. The quantitative estimate of drug-likeness (QED) is 0.647. The van der Waals surface area contributed by atoms with Crippen LogP contribution in [0.1, 0.15) is 23.0 Å². The van der Waals surface area contributed by atoms with Crippen LogP contribution in [0.4, 0.5) is 11.4 Å². The number of hydrogen-bond acceptors (Lipinski definition) is 5. The van der Waals surface area contributed by atoms with Crippen molar-refractivity contribution in [2.75, 3.05) is 12.4 Å². The number of H-pyrrole nitrogens is 1. The lowest BCUT2D eigenvalue weighted by Gasteiger charge is -2.04. The van der Waals surface area contributed by atoms with E-state index in [1.54, 1.807) is 12.1 Å². The predicted octanol–water partition coefficient (Wildman–Crippen LogP) is 2.14. The molecular formula is C13H14N4O4. The fourth-order valence-electron chi connectivity index (χ4n) is 1.81. The Balaban J connectivity index is 2.23. The van der Waals surface area contributed by atoms with Gasteiger partial charge in [-0.2, -0.15) is 0 Å². The predicted molar refractivity (Wildman–Crippen MR) is 75.6 cm³/mol. The largest absolute Gasteiger partial charge is 0.475 e. The third-order valence-electron chi connectivity index (χ3n) is 2.93. The zero-order valence-electron chi connectivity index (χ0n) is 11.5. The highest BCUT2D eigenvalue weighted by Crippen LogP contribution is 2.28. The van der Waals surface area contributed by atoms with E-state index < -0.39 is 16.5 Å². The van der Waals surface area contributed by atoms with Crippen LogP contribution in [-0.2, 0) is 6.42 Å². The molecule has 1 heterocycles. The molecule has 0 bridgehead atoms. The number of benzene rings is 1. The molecule has 0 aliphatic heterocycles. The van der Waals surface area contributed by atoms with E-state index in [0.29, 0.717) is 5.69 Å². The van der Waals surface area contributed by atoms with Gasteiger partial charge in [0.05, 0.1) is 12.0 Å². The third kappa shape index (κ3) is 2.99. The summed E-state index contributed by atoms with van der Waals surface area (Å²) in [6.07, 6.45) is 0.886. The van der Waals surface area contributed by atoms with Gasteiger partial charge in [-0.3, -0.25) is 20.0 Å². The molecule has 0 spiro atoms. The van der Waals surface area contributed by atoms with Gasteiger partial charge in [-0.1, -0.05) is 19.1 Å². The van der Waals surface area contributed by atoms with Crippen molar-refractivity contribution in [2.45, 2.75) is 13.3 Å². The summed E-state index contributed by atoms with van der Waals surface area (Å²) in [6.45, 7) is 2.02. The van der Waals surface area contributed by atoms with E-state index in [4.69, 9.17) is 4.74 Å². The molecule has 1 aromatic carbocycles. The van der Waals surface area contributed by atoms with Gasteiger partial charge in [0.15, 0.2) is 0 Å². The van der Waals surface area contributed by atoms with Crippen molar-refractivity contribution in [1.82, 2.24) is 10.2 Å². The second kappa shape index (κ2) is 6.04. The molecule has 0 atom stereocenters. The average molecular weight is 290 g/mol. The van der Waals surface area contributed by atoms with E-state index in [1.165, 1.54) is 7.11 Å². The number of nitrogens with one attached hydrogen (secondary N) is 2. The molecule has 8 nitrogen and oxygen atoms in total. The number of aromatic amines is 1. The molecule has 0 radical (unpaired) electrons. The maximum Gasteiger partial charge on any atom is 0.362 e. The third-order valence-corrected chi connectivity index (χ3v) is 2.93. The first-order valence-electron chi connectivity index (χ1n) is 6.23. The first-order chi connectivity index (χ1) is 10.1. The van der Waals surface area contributed by atoms with Crippen molar-refractivity contribution in [3.8, 4) is 5.88 Å². The minimum atomic E-state index is -0.711. The number of ether oxygens (including phenoxy) is 1. The lowest BCUT2D eigenvalue weighted by atomic mass is 10.1. The first kappa shape index (κ1) is 14.5. The van der Waals surface area contributed by atoms with Crippen molar-refractivity contribution in [2.24, 2.45) is 0 Å². The number of anilines is 1. The average Bonchev–Trinajstić information content (AvgIpc) is 2.92. The molecule has 0 saturated heterocycles. The van der Waals surface area contributed by atoms with Gasteiger partial charge in [-0.15, -0.1) is 5.10 Å². The minimum absolute atomic E-state index is 0.230. The van der Waals surface area contributed by atoms with Crippen LogP contribution in [0.15, 0.2) is 24.3 Å². The normalized spacial score (nSPS) is 10.2. The van der Waals surface area contributed by atoms with Gasteiger partial charge in [0.1, 0.15) is 0 Å². The monoisotopic (exact) mass is 290 g/mol. The Morgan fingerprint density at radius 3 is 2.62 bits per heavy atom. The molecule has 110 valence electrons. The molecular weight excluding hydrogens is 276 g/mol. The molecule has 21 heavy (non-hydrogen) atoms. The van der Waals surface area contributed by atoms with Gasteiger partial charge in [-0.05, 0) is 24.1 Å². The highest BCUT2D eigenvalue weighted by atomic mass is 16.6. The van der Waals surface area contributed by atoms with E-state index in [0.717, 1.165) is 12.0 Å².